The standard InChI is InChI=1S/C13H20N2O3/c1-11(2)10-18-12-4-3-6-15(13(12)16)7-9-17-8-5-14/h3-4,6H,1,5,7-10,14H2,2H3. The fraction of sp³-hybridized carbons (Fsp3) is 0.462. The molecule has 1 rings (SSSR count). The molecule has 18 heavy (non-hydrogen) atoms. The van der Waals surface area contributed by atoms with Crippen molar-refractivity contribution in [3.63, 3.8) is 0 Å². The van der Waals surface area contributed by atoms with E-state index in [4.69, 9.17) is 15.2 Å². The molecule has 0 aliphatic rings. The summed E-state index contributed by atoms with van der Waals surface area (Å²) in [7, 11) is 0. The van der Waals surface area contributed by atoms with Gasteiger partial charge in [0, 0.05) is 19.3 Å². The number of pyridine rings is 1. The average molecular weight is 252 g/mol. The average Bonchev–Trinajstić information content (AvgIpc) is 2.35. The Kier molecular flexibility index (Phi) is 6.18. The first kappa shape index (κ1) is 14.5. The molecule has 0 atom stereocenters. The maximum Gasteiger partial charge on any atom is 0.292 e. The number of nitrogens with two attached hydrogens (primary N) is 1. The van der Waals surface area contributed by atoms with Crippen LogP contribution < -0.4 is 16.0 Å². The van der Waals surface area contributed by atoms with Gasteiger partial charge in [-0.05, 0) is 24.6 Å². The van der Waals surface area contributed by atoms with Gasteiger partial charge in [-0.1, -0.05) is 6.58 Å². The lowest BCUT2D eigenvalue weighted by Crippen LogP contribution is -2.24. The van der Waals surface area contributed by atoms with E-state index in [9.17, 15) is 4.79 Å². The van der Waals surface area contributed by atoms with E-state index in [1.54, 1.807) is 22.9 Å². The van der Waals surface area contributed by atoms with Crippen LogP contribution in [-0.2, 0) is 11.3 Å². The van der Waals surface area contributed by atoms with Gasteiger partial charge in [-0.25, -0.2) is 0 Å². The van der Waals surface area contributed by atoms with Crippen molar-refractivity contribution in [1.82, 2.24) is 4.57 Å². The molecule has 0 aliphatic carbocycles. The van der Waals surface area contributed by atoms with Crippen LogP contribution in [0.1, 0.15) is 6.92 Å². The molecule has 1 heterocycles. The van der Waals surface area contributed by atoms with Gasteiger partial charge in [-0.3, -0.25) is 4.79 Å². The summed E-state index contributed by atoms with van der Waals surface area (Å²) >= 11 is 0. The van der Waals surface area contributed by atoms with E-state index in [0.29, 0.717) is 38.7 Å². The van der Waals surface area contributed by atoms with E-state index in [1.807, 2.05) is 6.92 Å². The molecule has 0 saturated heterocycles. The van der Waals surface area contributed by atoms with Gasteiger partial charge in [0.25, 0.3) is 5.56 Å². The van der Waals surface area contributed by atoms with Gasteiger partial charge in [0.15, 0.2) is 5.75 Å². The van der Waals surface area contributed by atoms with Crippen molar-refractivity contribution in [1.29, 1.82) is 0 Å². The molecule has 0 saturated carbocycles. The van der Waals surface area contributed by atoms with Crippen molar-refractivity contribution >= 4 is 0 Å². The summed E-state index contributed by atoms with van der Waals surface area (Å²) in [5, 5.41) is 0. The van der Waals surface area contributed by atoms with Crippen LogP contribution in [0.25, 0.3) is 0 Å². The molecule has 0 radical (unpaired) electrons. The highest BCUT2D eigenvalue weighted by molar-refractivity contribution is 5.18. The van der Waals surface area contributed by atoms with Gasteiger partial charge in [0.1, 0.15) is 6.61 Å². The number of hydrogen-bond donors (Lipinski definition) is 1. The molecule has 5 nitrogen and oxygen atoms in total. The maximum absolute atomic E-state index is 12.0. The third-order valence-corrected chi connectivity index (χ3v) is 2.20. The zero-order chi connectivity index (χ0) is 13.4. The molecule has 5 heteroatoms. The van der Waals surface area contributed by atoms with Crippen LogP contribution in [0.4, 0.5) is 0 Å². The molecule has 0 aliphatic heterocycles. The minimum absolute atomic E-state index is 0.157. The highest BCUT2D eigenvalue weighted by atomic mass is 16.5. The molecule has 0 spiro atoms. The molecular formula is C13H20N2O3. The summed E-state index contributed by atoms with van der Waals surface area (Å²) in [5.41, 5.74) is 6.02. The first-order valence-electron chi connectivity index (χ1n) is 5.89. The Bertz CT molecular complexity index is 440. The Morgan fingerprint density at radius 2 is 2.28 bits per heavy atom. The normalized spacial score (nSPS) is 10.3. The van der Waals surface area contributed by atoms with Crippen molar-refractivity contribution in [2.24, 2.45) is 5.73 Å². The lowest BCUT2D eigenvalue weighted by atomic mass is 10.4. The lowest BCUT2D eigenvalue weighted by Gasteiger charge is -2.09. The molecule has 2 N–H and O–H groups in total. The Balaban J connectivity index is 2.61. The van der Waals surface area contributed by atoms with Crippen molar-refractivity contribution in [2.75, 3.05) is 26.4 Å². The van der Waals surface area contributed by atoms with E-state index in [0.717, 1.165) is 5.57 Å². The third-order valence-electron chi connectivity index (χ3n) is 2.20. The smallest absolute Gasteiger partial charge is 0.292 e. The Labute approximate surface area is 107 Å². The molecule has 1 aromatic rings. The Morgan fingerprint density at radius 1 is 1.50 bits per heavy atom. The first-order chi connectivity index (χ1) is 8.65. The lowest BCUT2D eigenvalue weighted by molar-refractivity contribution is 0.132. The zero-order valence-corrected chi connectivity index (χ0v) is 10.7. The fourth-order valence-corrected chi connectivity index (χ4v) is 1.35. The van der Waals surface area contributed by atoms with Crippen LogP contribution in [0, 0.1) is 0 Å². The molecule has 0 amide bonds. The molecule has 0 fully saturated rings. The van der Waals surface area contributed by atoms with Crippen molar-refractivity contribution in [3.05, 3.63) is 40.8 Å². The Morgan fingerprint density at radius 3 is 2.94 bits per heavy atom. The van der Waals surface area contributed by atoms with Crippen LogP contribution >= 0.6 is 0 Å². The van der Waals surface area contributed by atoms with Crippen LogP contribution in [-0.4, -0.2) is 30.9 Å². The summed E-state index contributed by atoms with van der Waals surface area (Å²) in [5.74, 6) is 0.333. The van der Waals surface area contributed by atoms with Crippen molar-refractivity contribution < 1.29 is 9.47 Å². The number of hydrogen-bond acceptors (Lipinski definition) is 4. The molecule has 0 bridgehead atoms. The number of ether oxygens (including phenoxy) is 2. The Hall–Kier alpha value is -1.59. The molecule has 1 aromatic heterocycles. The topological polar surface area (TPSA) is 66.5 Å². The molecule has 0 unspecified atom stereocenters. The van der Waals surface area contributed by atoms with E-state index in [1.165, 1.54) is 0 Å². The van der Waals surface area contributed by atoms with Gasteiger partial charge >= 0.3 is 0 Å². The van der Waals surface area contributed by atoms with E-state index < -0.39 is 0 Å². The fourth-order valence-electron chi connectivity index (χ4n) is 1.35. The van der Waals surface area contributed by atoms with Crippen LogP contribution in [0.15, 0.2) is 35.3 Å². The zero-order valence-electron chi connectivity index (χ0n) is 10.7. The summed E-state index contributed by atoms with van der Waals surface area (Å²) in [6, 6.07) is 3.43. The van der Waals surface area contributed by atoms with Gasteiger partial charge < -0.3 is 19.8 Å². The minimum Gasteiger partial charge on any atom is -0.484 e. The van der Waals surface area contributed by atoms with Crippen LogP contribution in [0.2, 0.25) is 0 Å². The summed E-state index contributed by atoms with van der Waals surface area (Å²) in [4.78, 5) is 12.0. The maximum atomic E-state index is 12.0. The summed E-state index contributed by atoms with van der Waals surface area (Å²) < 4.78 is 12.2. The minimum atomic E-state index is -0.157. The quantitative estimate of drug-likeness (QED) is 0.548. The van der Waals surface area contributed by atoms with Gasteiger partial charge in [0.2, 0.25) is 0 Å². The number of aromatic nitrogens is 1. The molecule has 100 valence electrons. The second-order valence-corrected chi connectivity index (χ2v) is 4.02. The van der Waals surface area contributed by atoms with Gasteiger partial charge in [-0.15, -0.1) is 0 Å². The summed E-state index contributed by atoms with van der Waals surface area (Å²) in [6.45, 7) is 7.86. The highest BCUT2D eigenvalue weighted by Gasteiger charge is 2.04. The predicted molar refractivity (Wildman–Crippen MR) is 70.9 cm³/mol. The largest absolute Gasteiger partial charge is 0.484 e. The first-order valence-corrected chi connectivity index (χ1v) is 5.89. The van der Waals surface area contributed by atoms with Crippen molar-refractivity contribution in [3.8, 4) is 5.75 Å². The molecule has 0 aromatic carbocycles. The number of rotatable bonds is 8. The second kappa shape index (κ2) is 7.68. The van der Waals surface area contributed by atoms with E-state index in [-0.39, 0.29) is 5.56 Å². The van der Waals surface area contributed by atoms with Gasteiger partial charge in [0.05, 0.1) is 13.2 Å². The molecular weight excluding hydrogens is 232 g/mol. The second-order valence-electron chi connectivity index (χ2n) is 4.02. The van der Waals surface area contributed by atoms with E-state index in [2.05, 4.69) is 6.58 Å². The van der Waals surface area contributed by atoms with Crippen LogP contribution in [0.3, 0.4) is 0 Å². The van der Waals surface area contributed by atoms with E-state index >= 15 is 0 Å². The summed E-state index contributed by atoms with van der Waals surface area (Å²) in [6.07, 6.45) is 1.71. The number of nitrogens with zero attached hydrogens (tertiary/aromatic N) is 1. The monoisotopic (exact) mass is 252 g/mol. The predicted octanol–water partition coefficient (Wildman–Crippen LogP) is 0.778. The SMILES string of the molecule is C=C(C)COc1cccn(CCOCCN)c1=O. The van der Waals surface area contributed by atoms with Crippen LogP contribution in [0.5, 0.6) is 5.75 Å². The highest BCUT2D eigenvalue weighted by Crippen LogP contribution is 2.03. The van der Waals surface area contributed by atoms with Crippen molar-refractivity contribution in [2.45, 2.75) is 13.5 Å². The third kappa shape index (κ3) is 4.73. The van der Waals surface area contributed by atoms with Gasteiger partial charge in [-0.2, -0.15) is 0 Å².